The molecule has 0 aromatic carbocycles. The number of aromatic nitrogens is 3. The molecule has 0 radical (unpaired) electrons. The lowest BCUT2D eigenvalue weighted by Gasteiger charge is -2.23. The Bertz CT molecular complexity index is 734. The molecule has 7 nitrogen and oxygen atoms in total. The van der Waals surface area contributed by atoms with Gasteiger partial charge in [0.25, 0.3) is 12.3 Å². The van der Waals surface area contributed by atoms with Gasteiger partial charge in [0, 0.05) is 18.4 Å². The van der Waals surface area contributed by atoms with E-state index < -0.39 is 6.43 Å². The Morgan fingerprint density at radius 1 is 1.23 bits per heavy atom. The molecule has 138 valence electrons. The Hall–Kier alpha value is -2.68. The van der Waals surface area contributed by atoms with Crippen molar-refractivity contribution in [3.63, 3.8) is 0 Å². The van der Waals surface area contributed by atoms with Crippen molar-refractivity contribution in [2.24, 2.45) is 0 Å². The fraction of sp³-hybridized carbons (Fsp3) is 0.412. The number of hydrogen-bond donors (Lipinski definition) is 3. The normalized spacial score (nSPS) is 15.0. The summed E-state index contributed by atoms with van der Waals surface area (Å²) in [4.78, 5) is 24.2. The number of alkyl halides is 2. The fourth-order valence-electron chi connectivity index (χ4n) is 2.66. The van der Waals surface area contributed by atoms with Gasteiger partial charge in [-0.15, -0.1) is 0 Å². The van der Waals surface area contributed by atoms with Crippen LogP contribution in [0.2, 0.25) is 0 Å². The lowest BCUT2D eigenvalue weighted by molar-refractivity contribution is 0.0929. The number of nitrogens with one attached hydrogen (secondary N) is 3. The van der Waals surface area contributed by atoms with E-state index in [0.29, 0.717) is 17.2 Å². The molecule has 0 spiro atoms. The van der Waals surface area contributed by atoms with Gasteiger partial charge < -0.3 is 16.0 Å². The summed E-state index contributed by atoms with van der Waals surface area (Å²) in [7, 11) is 0. The molecule has 26 heavy (non-hydrogen) atoms. The number of hydrogen-bond acceptors (Lipinski definition) is 6. The molecule has 1 aliphatic rings. The number of piperidine rings is 1. The minimum absolute atomic E-state index is 0.162. The molecule has 1 aliphatic heterocycles. The lowest BCUT2D eigenvalue weighted by Crippen LogP contribution is -2.42. The Kier molecular flexibility index (Phi) is 6.00. The van der Waals surface area contributed by atoms with E-state index in [1.807, 2.05) is 0 Å². The first-order chi connectivity index (χ1) is 12.6. The number of carbonyl (C=O) groups excluding carboxylic acids is 1. The van der Waals surface area contributed by atoms with Crippen molar-refractivity contribution in [3.05, 3.63) is 47.5 Å². The van der Waals surface area contributed by atoms with E-state index in [1.165, 1.54) is 24.5 Å². The third-order valence-electron chi connectivity index (χ3n) is 4.07. The fourth-order valence-corrected chi connectivity index (χ4v) is 2.66. The molecule has 3 rings (SSSR count). The van der Waals surface area contributed by atoms with Crippen molar-refractivity contribution in [2.45, 2.75) is 31.9 Å². The third kappa shape index (κ3) is 4.92. The number of amides is 1. The summed E-state index contributed by atoms with van der Waals surface area (Å²) in [5.41, 5.74) is 0.571. The SMILES string of the molecule is O=C(NC1CCNCC1)c1cnc(NCc2cccc(C(F)F)n2)nc1. The number of anilines is 1. The summed E-state index contributed by atoms with van der Waals surface area (Å²) >= 11 is 0. The van der Waals surface area contributed by atoms with Crippen LogP contribution in [0.5, 0.6) is 0 Å². The van der Waals surface area contributed by atoms with E-state index in [9.17, 15) is 13.6 Å². The first-order valence-corrected chi connectivity index (χ1v) is 8.43. The van der Waals surface area contributed by atoms with Crippen LogP contribution in [0.1, 0.15) is 41.0 Å². The monoisotopic (exact) mass is 362 g/mol. The molecular formula is C17H20F2N6O. The summed E-state index contributed by atoms with van der Waals surface area (Å²) in [6.45, 7) is 2.00. The molecule has 0 aliphatic carbocycles. The average molecular weight is 362 g/mol. The summed E-state index contributed by atoms with van der Waals surface area (Å²) in [5.74, 6) is 0.0995. The predicted molar refractivity (Wildman–Crippen MR) is 91.9 cm³/mol. The van der Waals surface area contributed by atoms with Gasteiger partial charge in [0.2, 0.25) is 5.95 Å². The van der Waals surface area contributed by atoms with Crippen LogP contribution in [-0.2, 0) is 6.54 Å². The minimum atomic E-state index is -2.61. The van der Waals surface area contributed by atoms with E-state index in [0.717, 1.165) is 25.9 Å². The van der Waals surface area contributed by atoms with Crippen LogP contribution in [0.15, 0.2) is 30.6 Å². The standard InChI is InChI=1S/C17H20F2N6O/c18-15(19)14-3-1-2-13(24-14)10-23-17-21-8-11(9-22-17)16(26)25-12-4-6-20-7-5-12/h1-3,8-9,12,15,20H,4-7,10H2,(H,25,26)(H,21,22,23). The number of nitrogens with zero attached hydrogens (tertiary/aromatic N) is 3. The first kappa shape index (κ1) is 18.1. The Labute approximate surface area is 149 Å². The largest absolute Gasteiger partial charge is 0.349 e. The highest BCUT2D eigenvalue weighted by Crippen LogP contribution is 2.16. The van der Waals surface area contributed by atoms with Gasteiger partial charge in [-0.25, -0.2) is 23.7 Å². The molecule has 0 bridgehead atoms. The topological polar surface area (TPSA) is 91.8 Å². The molecule has 1 saturated heterocycles. The Balaban J connectivity index is 1.54. The quantitative estimate of drug-likeness (QED) is 0.727. The smallest absolute Gasteiger partial charge is 0.280 e. The van der Waals surface area contributed by atoms with Crippen molar-refractivity contribution >= 4 is 11.9 Å². The van der Waals surface area contributed by atoms with Crippen LogP contribution >= 0.6 is 0 Å². The van der Waals surface area contributed by atoms with Crippen LogP contribution in [0, 0.1) is 0 Å². The predicted octanol–water partition coefficient (Wildman–Crippen LogP) is 1.90. The summed E-state index contributed by atoms with van der Waals surface area (Å²) < 4.78 is 25.3. The van der Waals surface area contributed by atoms with E-state index in [-0.39, 0.29) is 24.2 Å². The maximum absolute atomic E-state index is 12.6. The third-order valence-corrected chi connectivity index (χ3v) is 4.07. The van der Waals surface area contributed by atoms with E-state index in [1.54, 1.807) is 6.07 Å². The number of halogens is 2. The number of rotatable bonds is 6. The van der Waals surface area contributed by atoms with E-state index in [2.05, 4.69) is 30.9 Å². The number of pyridine rings is 1. The van der Waals surface area contributed by atoms with E-state index in [4.69, 9.17) is 0 Å². The summed E-state index contributed by atoms with van der Waals surface area (Å²) in [6, 6.07) is 4.61. The van der Waals surface area contributed by atoms with Crippen LogP contribution in [0.25, 0.3) is 0 Å². The molecule has 0 atom stereocenters. The second kappa shape index (κ2) is 8.61. The highest BCUT2D eigenvalue weighted by molar-refractivity contribution is 5.93. The van der Waals surface area contributed by atoms with Crippen molar-refractivity contribution in [2.75, 3.05) is 18.4 Å². The molecule has 1 amide bonds. The lowest BCUT2D eigenvalue weighted by atomic mass is 10.1. The number of carbonyl (C=O) groups is 1. The first-order valence-electron chi connectivity index (χ1n) is 8.43. The molecule has 9 heteroatoms. The summed E-state index contributed by atoms with van der Waals surface area (Å²) in [5, 5.41) is 9.12. The average Bonchev–Trinajstić information content (AvgIpc) is 2.68. The van der Waals surface area contributed by atoms with Gasteiger partial charge in [-0.1, -0.05) is 6.07 Å². The van der Waals surface area contributed by atoms with E-state index >= 15 is 0 Å². The maximum Gasteiger partial charge on any atom is 0.280 e. The Morgan fingerprint density at radius 3 is 2.65 bits per heavy atom. The van der Waals surface area contributed by atoms with Crippen LogP contribution in [0.4, 0.5) is 14.7 Å². The molecule has 2 aromatic rings. The van der Waals surface area contributed by atoms with Crippen molar-refractivity contribution < 1.29 is 13.6 Å². The zero-order chi connectivity index (χ0) is 18.4. The second-order valence-corrected chi connectivity index (χ2v) is 6.00. The second-order valence-electron chi connectivity index (χ2n) is 6.00. The van der Waals surface area contributed by atoms with Crippen molar-refractivity contribution in [1.29, 1.82) is 0 Å². The molecular weight excluding hydrogens is 342 g/mol. The van der Waals surface area contributed by atoms with Gasteiger partial charge in [0.15, 0.2) is 0 Å². The molecule has 0 saturated carbocycles. The molecule has 0 unspecified atom stereocenters. The minimum Gasteiger partial charge on any atom is -0.349 e. The highest BCUT2D eigenvalue weighted by atomic mass is 19.3. The van der Waals surface area contributed by atoms with Gasteiger partial charge in [-0.3, -0.25) is 4.79 Å². The summed E-state index contributed by atoms with van der Waals surface area (Å²) in [6.07, 6.45) is 2.07. The molecule has 3 N–H and O–H groups in total. The highest BCUT2D eigenvalue weighted by Gasteiger charge is 2.17. The van der Waals surface area contributed by atoms with Gasteiger partial charge in [-0.05, 0) is 38.1 Å². The molecule has 2 aromatic heterocycles. The molecule has 3 heterocycles. The van der Waals surface area contributed by atoms with Crippen LogP contribution in [0.3, 0.4) is 0 Å². The van der Waals surface area contributed by atoms with Gasteiger partial charge in [-0.2, -0.15) is 0 Å². The molecule has 1 fully saturated rings. The maximum atomic E-state index is 12.6. The van der Waals surface area contributed by atoms with Gasteiger partial charge >= 0.3 is 0 Å². The van der Waals surface area contributed by atoms with Gasteiger partial charge in [0.05, 0.1) is 17.8 Å². The van der Waals surface area contributed by atoms with Gasteiger partial charge in [0.1, 0.15) is 5.69 Å². The zero-order valence-corrected chi connectivity index (χ0v) is 14.1. The van der Waals surface area contributed by atoms with Crippen LogP contribution < -0.4 is 16.0 Å². The van der Waals surface area contributed by atoms with Crippen molar-refractivity contribution in [1.82, 2.24) is 25.6 Å². The van der Waals surface area contributed by atoms with Crippen LogP contribution in [-0.4, -0.2) is 40.0 Å². The van der Waals surface area contributed by atoms with Crippen molar-refractivity contribution in [3.8, 4) is 0 Å². The Morgan fingerprint density at radius 2 is 1.96 bits per heavy atom. The zero-order valence-electron chi connectivity index (χ0n) is 14.1.